The molecular formula is C16H24N2O2. The Kier molecular flexibility index (Phi) is 4.78. The first kappa shape index (κ1) is 15.0. The smallest absolute Gasteiger partial charge is 0.242 e. The molecule has 1 aromatic rings. The molecular weight excluding hydrogens is 252 g/mol. The molecule has 1 aliphatic heterocycles. The maximum Gasteiger partial charge on any atom is 0.242 e. The maximum atomic E-state index is 12.5. The predicted molar refractivity (Wildman–Crippen MR) is 79.5 cm³/mol. The molecule has 2 N–H and O–H groups in total. The molecule has 1 fully saturated rings. The van der Waals surface area contributed by atoms with E-state index in [0.29, 0.717) is 38.5 Å². The number of amides is 1. The van der Waals surface area contributed by atoms with Gasteiger partial charge in [-0.2, -0.15) is 0 Å². The molecule has 1 aromatic carbocycles. The van der Waals surface area contributed by atoms with Crippen LogP contribution in [0.1, 0.15) is 31.2 Å². The van der Waals surface area contributed by atoms with E-state index in [4.69, 9.17) is 10.5 Å². The van der Waals surface area contributed by atoms with Crippen molar-refractivity contribution >= 4 is 5.91 Å². The SMILES string of the molecule is CC(CN(C)C(=O)C1(N)CCOCC1)c1ccccc1. The minimum atomic E-state index is -0.747. The zero-order chi connectivity index (χ0) is 14.6. The standard InChI is InChI=1S/C16H24N2O2/c1-13(14-6-4-3-5-7-14)12-18(2)15(19)16(17)8-10-20-11-9-16/h3-7,13H,8-12,17H2,1-2H3. The summed E-state index contributed by atoms with van der Waals surface area (Å²) in [5, 5.41) is 0. The fraction of sp³-hybridized carbons (Fsp3) is 0.562. The molecule has 0 saturated carbocycles. The molecule has 0 spiro atoms. The molecule has 4 heteroatoms. The highest BCUT2D eigenvalue weighted by Gasteiger charge is 2.38. The first-order valence-corrected chi connectivity index (χ1v) is 7.20. The molecule has 0 radical (unpaired) electrons. The number of rotatable bonds is 4. The van der Waals surface area contributed by atoms with E-state index in [1.807, 2.05) is 25.2 Å². The van der Waals surface area contributed by atoms with Gasteiger partial charge in [0.25, 0.3) is 0 Å². The Morgan fingerprint density at radius 1 is 1.35 bits per heavy atom. The topological polar surface area (TPSA) is 55.6 Å². The molecule has 110 valence electrons. The summed E-state index contributed by atoms with van der Waals surface area (Å²) >= 11 is 0. The Morgan fingerprint density at radius 2 is 1.95 bits per heavy atom. The van der Waals surface area contributed by atoms with E-state index in [-0.39, 0.29) is 5.91 Å². The van der Waals surface area contributed by atoms with Crippen LogP contribution in [0.3, 0.4) is 0 Å². The van der Waals surface area contributed by atoms with E-state index >= 15 is 0 Å². The van der Waals surface area contributed by atoms with Crippen molar-refractivity contribution < 1.29 is 9.53 Å². The van der Waals surface area contributed by atoms with Gasteiger partial charge in [0.1, 0.15) is 0 Å². The Hall–Kier alpha value is -1.39. The number of carbonyl (C=O) groups is 1. The summed E-state index contributed by atoms with van der Waals surface area (Å²) in [5.74, 6) is 0.331. The molecule has 4 nitrogen and oxygen atoms in total. The average Bonchev–Trinajstić information content (AvgIpc) is 2.48. The number of hydrogen-bond donors (Lipinski definition) is 1. The van der Waals surface area contributed by atoms with Crippen molar-refractivity contribution in [2.24, 2.45) is 5.73 Å². The normalized spacial score (nSPS) is 19.4. The monoisotopic (exact) mass is 276 g/mol. The summed E-state index contributed by atoms with van der Waals surface area (Å²) in [4.78, 5) is 14.3. The van der Waals surface area contributed by atoms with Crippen molar-refractivity contribution in [1.82, 2.24) is 4.90 Å². The van der Waals surface area contributed by atoms with Crippen LogP contribution in [0.25, 0.3) is 0 Å². The highest BCUT2D eigenvalue weighted by molar-refractivity contribution is 5.86. The van der Waals surface area contributed by atoms with E-state index < -0.39 is 5.54 Å². The third kappa shape index (κ3) is 3.38. The van der Waals surface area contributed by atoms with Gasteiger partial charge in [0.15, 0.2) is 0 Å². The molecule has 1 heterocycles. The zero-order valence-electron chi connectivity index (χ0n) is 12.3. The summed E-state index contributed by atoms with van der Waals surface area (Å²) in [7, 11) is 1.84. The predicted octanol–water partition coefficient (Wildman–Crippen LogP) is 1.76. The minimum Gasteiger partial charge on any atom is -0.381 e. The van der Waals surface area contributed by atoms with Crippen molar-refractivity contribution in [3.05, 3.63) is 35.9 Å². The lowest BCUT2D eigenvalue weighted by atomic mass is 9.89. The molecule has 1 amide bonds. The number of nitrogens with zero attached hydrogens (tertiary/aromatic N) is 1. The van der Waals surface area contributed by atoms with Gasteiger partial charge < -0.3 is 15.4 Å². The Bertz CT molecular complexity index is 441. The fourth-order valence-corrected chi connectivity index (χ4v) is 2.71. The van der Waals surface area contributed by atoms with Gasteiger partial charge in [0.2, 0.25) is 5.91 Å². The maximum absolute atomic E-state index is 12.5. The highest BCUT2D eigenvalue weighted by Crippen LogP contribution is 2.22. The van der Waals surface area contributed by atoms with Gasteiger partial charge in [-0.15, -0.1) is 0 Å². The Morgan fingerprint density at radius 3 is 2.55 bits per heavy atom. The van der Waals surface area contributed by atoms with Crippen molar-refractivity contribution in [2.45, 2.75) is 31.2 Å². The summed E-state index contributed by atoms with van der Waals surface area (Å²) < 4.78 is 5.29. The van der Waals surface area contributed by atoms with Gasteiger partial charge in [-0.3, -0.25) is 4.79 Å². The van der Waals surface area contributed by atoms with Crippen LogP contribution in [-0.4, -0.2) is 43.2 Å². The number of nitrogens with two attached hydrogens (primary N) is 1. The lowest BCUT2D eigenvalue weighted by Crippen LogP contribution is -2.57. The van der Waals surface area contributed by atoms with Gasteiger partial charge in [-0.1, -0.05) is 37.3 Å². The number of hydrogen-bond acceptors (Lipinski definition) is 3. The van der Waals surface area contributed by atoms with E-state index in [1.165, 1.54) is 5.56 Å². The van der Waals surface area contributed by atoms with Gasteiger partial charge in [0, 0.05) is 26.8 Å². The largest absolute Gasteiger partial charge is 0.381 e. The van der Waals surface area contributed by atoms with Crippen LogP contribution >= 0.6 is 0 Å². The van der Waals surface area contributed by atoms with E-state index in [9.17, 15) is 4.79 Å². The molecule has 0 aliphatic carbocycles. The second-order valence-electron chi connectivity index (χ2n) is 5.77. The van der Waals surface area contributed by atoms with E-state index in [2.05, 4.69) is 19.1 Å². The summed E-state index contributed by atoms with van der Waals surface area (Å²) in [6.07, 6.45) is 1.21. The van der Waals surface area contributed by atoms with Gasteiger partial charge >= 0.3 is 0 Å². The second-order valence-corrected chi connectivity index (χ2v) is 5.77. The Labute approximate surface area is 120 Å². The number of benzene rings is 1. The van der Waals surface area contributed by atoms with Crippen LogP contribution in [0.15, 0.2) is 30.3 Å². The second kappa shape index (κ2) is 6.37. The van der Waals surface area contributed by atoms with Crippen LogP contribution in [0, 0.1) is 0 Å². The third-order valence-corrected chi connectivity index (χ3v) is 4.07. The molecule has 1 saturated heterocycles. The van der Waals surface area contributed by atoms with Crippen molar-refractivity contribution in [1.29, 1.82) is 0 Å². The quantitative estimate of drug-likeness (QED) is 0.911. The van der Waals surface area contributed by atoms with E-state index in [1.54, 1.807) is 4.90 Å². The number of likely N-dealkylation sites (N-methyl/N-ethyl adjacent to an activating group) is 1. The minimum absolute atomic E-state index is 0.0311. The van der Waals surface area contributed by atoms with E-state index in [0.717, 1.165) is 0 Å². The lowest BCUT2D eigenvalue weighted by Gasteiger charge is -2.36. The average molecular weight is 276 g/mol. The van der Waals surface area contributed by atoms with Crippen molar-refractivity contribution in [3.63, 3.8) is 0 Å². The van der Waals surface area contributed by atoms with Gasteiger partial charge in [-0.25, -0.2) is 0 Å². The molecule has 1 atom stereocenters. The lowest BCUT2D eigenvalue weighted by molar-refractivity contribution is -0.139. The van der Waals surface area contributed by atoms with Gasteiger partial charge in [-0.05, 0) is 24.3 Å². The number of ether oxygens (including phenoxy) is 1. The third-order valence-electron chi connectivity index (χ3n) is 4.07. The summed E-state index contributed by atoms with van der Waals surface area (Å²) in [6, 6.07) is 10.2. The Balaban J connectivity index is 1.97. The summed E-state index contributed by atoms with van der Waals surface area (Å²) in [6.45, 7) is 3.96. The van der Waals surface area contributed by atoms with Crippen molar-refractivity contribution in [3.8, 4) is 0 Å². The fourth-order valence-electron chi connectivity index (χ4n) is 2.71. The molecule has 2 rings (SSSR count). The van der Waals surface area contributed by atoms with Crippen LogP contribution in [0.2, 0.25) is 0 Å². The molecule has 0 bridgehead atoms. The molecule has 20 heavy (non-hydrogen) atoms. The van der Waals surface area contributed by atoms with Crippen molar-refractivity contribution in [2.75, 3.05) is 26.8 Å². The summed E-state index contributed by atoms with van der Waals surface area (Å²) in [5.41, 5.74) is 6.74. The van der Waals surface area contributed by atoms with Gasteiger partial charge in [0.05, 0.1) is 5.54 Å². The first-order chi connectivity index (χ1) is 9.53. The molecule has 1 aliphatic rings. The van der Waals surface area contributed by atoms with Crippen LogP contribution in [-0.2, 0) is 9.53 Å². The van der Waals surface area contributed by atoms with Crippen LogP contribution in [0.5, 0.6) is 0 Å². The van der Waals surface area contributed by atoms with Crippen LogP contribution in [0.4, 0.5) is 0 Å². The molecule has 0 aromatic heterocycles. The molecule has 1 unspecified atom stereocenters. The zero-order valence-corrected chi connectivity index (χ0v) is 12.3. The first-order valence-electron chi connectivity index (χ1n) is 7.20. The number of carbonyl (C=O) groups excluding carboxylic acids is 1. The van der Waals surface area contributed by atoms with Crippen LogP contribution < -0.4 is 5.73 Å². The highest BCUT2D eigenvalue weighted by atomic mass is 16.5.